The summed E-state index contributed by atoms with van der Waals surface area (Å²) in [5.74, 6) is 0.119. The maximum Gasteiger partial charge on any atom is 0.254 e. The molecule has 3 rings (SSSR count). The fourth-order valence-corrected chi connectivity index (χ4v) is 3.32. The summed E-state index contributed by atoms with van der Waals surface area (Å²) in [6.07, 6.45) is 3.24. The lowest BCUT2D eigenvalue weighted by Gasteiger charge is -2.38. The standard InChI is InChI=1S/C18H22N2O.ClH/c1-13(19)17-11-4-5-12-20(17)18(21)16-10-6-8-14-7-2-3-9-15(14)16;/h2-3,6-10,13,17H,4-5,11-12,19H2,1H3;1H. The minimum absolute atomic E-state index is 0. The highest BCUT2D eigenvalue weighted by Gasteiger charge is 2.30. The van der Waals surface area contributed by atoms with Crippen molar-refractivity contribution in [2.75, 3.05) is 6.54 Å². The van der Waals surface area contributed by atoms with Crippen LogP contribution in [0.2, 0.25) is 0 Å². The molecule has 2 aromatic rings. The van der Waals surface area contributed by atoms with Gasteiger partial charge in [0.1, 0.15) is 0 Å². The monoisotopic (exact) mass is 318 g/mol. The van der Waals surface area contributed by atoms with Crippen molar-refractivity contribution in [1.29, 1.82) is 0 Å². The van der Waals surface area contributed by atoms with E-state index in [1.165, 1.54) is 0 Å². The Bertz CT molecular complexity index is 651. The molecule has 1 aliphatic rings. The second-order valence-corrected chi connectivity index (χ2v) is 5.95. The molecule has 4 heteroatoms. The van der Waals surface area contributed by atoms with E-state index in [-0.39, 0.29) is 30.4 Å². The van der Waals surface area contributed by atoms with Gasteiger partial charge in [0.15, 0.2) is 0 Å². The third-order valence-electron chi connectivity index (χ3n) is 4.44. The summed E-state index contributed by atoms with van der Waals surface area (Å²) in [7, 11) is 0. The summed E-state index contributed by atoms with van der Waals surface area (Å²) < 4.78 is 0. The van der Waals surface area contributed by atoms with Crippen molar-refractivity contribution >= 4 is 29.1 Å². The average Bonchev–Trinajstić information content (AvgIpc) is 2.53. The molecule has 0 aromatic heterocycles. The van der Waals surface area contributed by atoms with Crippen LogP contribution < -0.4 is 5.73 Å². The predicted octanol–water partition coefficient (Wildman–Crippen LogP) is 3.60. The zero-order chi connectivity index (χ0) is 14.8. The molecule has 118 valence electrons. The molecule has 2 N–H and O–H groups in total. The molecule has 2 atom stereocenters. The van der Waals surface area contributed by atoms with Crippen LogP contribution in [0, 0.1) is 0 Å². The topological polar surface area (TPSA) is 46.3 Å². The van der Waals surface area contributed by atoms with E-state index in [1.54, 1.807) is 0 Å². The molecular formula is C18H23ClN2O. The van der Waals surface area contributed by atoms with Gasteiger partial charge in [0.05, 0.1) is 0 Å². The Hall–Kier alpha value is -1.58. The van der Waals surface area contributed by atoms with E-state index in [1.807, 2.05) is 54.3 Å². The van der Waals surface area contributed by atoms with Gasteiger partial charge in [-0.1, -0.05) is 36.4 Å². The highest BCUT2D eigenvalue weighted by atomic mass is 35.5. The number of rotatable bonds is 2. The largest absolute Gasteiger partial charge is 0.334 e. The normalized spacial score (nSPS) is 19.5. The minimum atomic E-state index is 0. The first-order valence-corrected chi connectivity index (χ1v) is 7.73. The number of fused-ring (bicyclic) bond motifs is 1. The van der Waals surface area contributed by atoms with Crippen molar-refractivity contribution in [2.45, 2.75) is 38.3 Å². The van der Waals surface area contributed by atoms with E-state index in [0.29, 0.717) is 0 Å². The first kappa shape index (κ1) is 16.8. The molecule has 1 amide bonds. The second-order valence-electron chi connectivity index (χ2n) is 5.95. The van der Waals surface area contributed by atoms with E-state index in [9.17, 15) is 4.79 Å². The number of halogens is 1. The number of nitrogens with zero attached hydrogens (tertiary/aromatic N) is 1. The van der Waals surface area contributed by atoms with Gasteiger partial charge in [0.25, 0.3) is 5.91 Å². The summed E-state index contributed by atoms with van der Waals surface area (Å²) in [5, 5.41) is 2.14. The van der Waals surface area contributed by atoms with Crippen LogP contribution in [0.25, 0.3) is 10.8 Å². The number of likely N-dealkylation sites (tertiary alicyclic amines) is 1. The maximum absolute atomic E-state index is 13.0. The van der Waals surface area contributed by atoms with Crippen molar-refractivity contribution in [3.8, 4) is 0 Å². The van der Waals surface area contributed by atoms with Gasteiger partial charge < -0.3 is 10.6 Å². The van der Waals surface area contributed by atoms with Crippen LogP contribution in [0.15, 0.2) is 42.5 Å². The van der Waals surface area contributed by atoms with Crippen LogP contribution in [0.5, 0.6) is 0 Å². The fourth-order valence-electron chi connectivity index (χ4n) is 3.32. The summed E-state index contributed by atoms with van der Waals surface area (Å²) >= 11 is 0. The lowest BCUT2D eigenvalue weighted by Crippen LogP contribution is -2.51. The summed E-state index contributed by atoms with van der Waals surface area (Å²) in [6, 6.07) is 14.2. The molecule has 1 heterocycles. The van der Waals surface area contributed by atoms with Crippen LogP contribution in [-0.4, -0.2) is 29.4 Å². The molecule has 2 unspecified atom stereocenters. The maximum atomic E-state index is 13.0. The van der Waals surface area contributed by atoms with Crippen molar-refractivity contribution in [3.63, 3.8) is 0 Å². The van der Waals surface area contributed by atoms with E-state index < -0.39 is 0 Å². The Morgan fingerprint density at radius 1 is 1.18 bits per heavy atom. The Morgan fingerprint density at radius 3 is 2.68 bits per heavy atom. The number of carbonyl (C=O) groups is 1. The van der Waals surface area contributed by atoms with Gasteiger partial charge in [-0.3, -0.25) is 4.79 Å². The van der Waals surface area contributed by atoms with Crippen LogP contribution >= 0.6 is 12.4 Å². The van der Waals surface area contributed by atoms with Crippen LogP contribution in [0.1, 0.15) is 36.5 Å². The fraction of sp³-hybridized carbons (Fsp3) is 0.389. The van der Waals surface area contributed by atoms with Crippen molar-refractivity contribution in [1.82, 2.24) is 4.90 Å². The molecule has 22 heavy (non-hydrogen) atoms. The van der Waals surface area contributed by atoms with Gasteiger partial charge in [-0.25, -0.2) is 0 Å². The highest BCUT2D eigenvalue weighted by Crippen LogP contribution is 2.25. The van der Waals surface area contributed by atoms with E-state index in [4.69, 9.17) is 5.73 Å². The molecule has 3 nitrogen and oxygen atoms in total. The van der Waals surface area contributed by atoms with Crippen molar-refractivity contribution in [3.05, 3.63) is 48.0 Å². The van der Waals surface area contributed by atoms with Crippen LogP contribution in [-0.2, 0) is 0 Å². The Labute approximate surface area is 137 Å². The van der Waals surface area contributed by atoms with Gasteiger partial charge >= 0.3 is 0 Å². The molecule has 0 saturated carbocycles. The number of hydrogen-bond acceptors (Lipinski definition) is 2. The Morgan fingerprint density at radius 2 is 1.91 bits per heavy atom. The first-order chi connectivity index (χ1) is 10.2. The lowest BCUT2D eigenvalue weighted by atomic mass is 9.95. The molecular weight excluding hydrogens is 296 g/mol. The van der Waals surface area contributed by atoms with Crippen LogP contribution in [0.3, 0.4) is 0 Å². The van der Waals surface area contributed by atoms with Gasteiger partial charge in [-0.15, -0.1) is 12.4 Å². The average molecular weight is 319 g/mol. The third kappa shape index (κ3) is 3.11. The number of carbonyl (C=O) groups excluding carboxylic acids is 1. The van der Waals surface area contributed by atoms with Gasteiger partial charge in [0.2, 0.25) is 0 Å². The smallest absolute Gasteiger partial charge is 0.254 e. The predicted molar refractivity (Wildman–Crippen MR) is 93.5 cm³/mol. The number of benzene rings is 2. The quantitative estimate of drug-likeness (QED) is 0.919. The third-order valence-corrected chi connectivity index (χ3v) is 4.44. The molecule has 1 fully saturated rings. The molecule has 0 bridgehead atoms. The summed E-state index contributed by atoms with van der Waals surface area (Å²) in [4.78, 5) is 15.0. The minimum Gasteiger partial charge on any atom is -0.334 e. The molecule has 1 saturated heterocycles. The SMILES string of the molecule is CC(N)C1CCCCN1C(=O)c1cccc2ccccc12.Cl. The second kappa shape index (κ2) is 7.12. The van der Waals surface area contributed by atoms with Crippen molar-refractivity contribution in [2.24, 2.45) is 5.73 Å². The molecule has 0 spiro atoms. The molecule has 0 radical (unpaired) electrons. The lowest BCUT2D eigenvalue weighted by molar-refractivity contribution is 0.0586. The summed E-state index contributed by atoms with van der Waals surface area (Å²) in [5.41, 5.74) is 6.88. The number of piperidine rings is 1. The Balaban J connectivity index is 0.00000176. The van der Waals surface area contributed by atoms with E-state index in [2.05, 4.69) is 0 Å². The number of hydrogen-bond donors (Lipinski definition) is 1. The first-order valence-electron chi connectivity index (χ1n) is 7.73. The molecule has 2 aromatic carbocycles. The van der Waals surface area contributed by atoms with Gasteiger partial charge in [0, 0.05) is 24.2 Å². The van der Waals surface area contributed by atoms with E-state index >= 15 is 0 Å². The zero-order valence-corrected chi connectivity index (χ0v) is 13.7. The van der Waals surface area contributed by atoms with Gasteiger partial charge in [-0.05, 0) is 43.0 Å². The van der Waals surface area contributed by atoms with Gasteiger partial charge in [-0.2, -0.15) is 0 Å². The van der Waals surface area contributed by atoms with E-state index in [0.717, 1.165) is 42.1 Å². The number of amides is 1. The van der Waals surface area contributed by atoms with Crippen molar-refractivity contribution < 1.29 is 4.79 Å². The summed E-state index contributed by atoms with van der Waals surface area (Å²) in [6.45, 7) is 2.81. The van der Waals surface area contributed by atoms with Crippen LogP contribution in [0.4, 0.5) is 0 Å². The molecule has 0 aliphatic carbocycles. The zero-order valence-electron chi connectivity index (χ0n) is 12.9. The molecule has 1 aliphatic heterocycles. The highest BCUT2D eigenvalue weighted by molar-refractivity contribution is 6.07. The number of nitrogens with two attached hydrogens (primary N) is 1. The Kier molecular flexibility index (Phi) is 5.43.